The van der Waals surface area contributed by atoms with Crippen LogP contribution in [0.5, 0.6) is 0 Å². The number of carbonyl (C=O) groups excluding carboxylic acids is 2. The summed E-state index contributed by atoms with van der Waals surface area (Å²) in [5.74, 6) is 0.832. The maximum Gasteiger partial charge on any atom is 0.321 e. The van der Waals surface area contributed by atoms with Crippen molar-refractivity contribution in [2.45, 2.75) is 19.8 Å². The molecule has 4 rings (SSSR count). The zero-order chi connectivity index (χ0) is 19.5. The van der Waals surface area contributed by atoms with Crippen LogP contribution in [0.1, 0.15) is 18.6 Å². The molecule has 0 aliphatic carbocycles. The molecule has 0 unspecified atom stereocenters. The number of anilines is 2. The van der Waals surface area contributed by atoms with E-state index in [1.54, 1.807) is 30.3 Å². The number of hydrogen-bond acceptors (Lipinski definition) is 5. The molecule has 2 N–H and O–H groups in total. The molecule has 1 aliphatic heterocycles. The number of aryl methyl sites for hydroxylation is 1. The first-order chi connectivity index (χ1) is 13.6. The van der Waals surface area contributed by atoms with Crippen LogP contribution in [-0.2, 0) is 4.79 Å². The fourth-order valence-corrected chi connectivity index (χ4v) is 3.42. The van der Waals surface area contributed by atoms with Gasteiger partial charge in [-0.05, 0) is 31.9 Å². The molecule has 0 saturated carbocycles. The molecule has 8 nitrogen and oxygen atoms in total. The van der Waals surface area contributed by atoms with Gasteiger partial charge >= 0.3 is 6.03 Å². The predicted molar refractivity (Wildman–Crippen MR) is 105 cm³/mol. The molecule has 1 saturated heterocycles. The van der Waals surface area contributed by atoms with Crippen LogP contribution in [0, 0.1) is 12.8 Å². The number of fused-ring (bicyclic) bond motifs is 1. The monoisotopic (exact) mass is 379 g/mol. The molecule has 1 aliphatic rings. The first-order valence-electron chi connectivity index (χ1n) is 9.23. The van der Waals surface area contributed by atoms with E-state index < -0.39 is 0 Å². The average molecular weight is 379 g/mol. The molecule has 8 heteroatoms. The lowest BCUT2D eigenvalue weighted by molar-refractivity contribution is -0.121. The van der Waals surface area contributed by atoms with Gasteiger partial charge in [-0.15, -0.1) is 0 Å². The highest BCUT2D eigenvalue weighted by Gasteiger charge is 2.28. The second kappa shape index (κ2) is 7.67. The van der Waals surface area contributed by atoms with Crippen LogP contribution in [-0.4, -0.2) is 40.1 Å². The molecule has 1 aromatic carbocycles. The van der Waals surface area contributed by atoms with Crippen LogP contribution < -0.4 is 10.6 Å². The number of amides is 3. The molecule has 0 atom stereocenters. The summed E-state index contributed by atoms with van der Waals surface area (Å²) in [5.41, 5.74) is 0.756. The van der Waals surface area contributed by atoms with Crippen LogP contribution in [0.15, 0.2) is 47.2 Å². The molecule has 0 spiro atoms. The maximum atomic E-state index is 12.7. The highest BCUT2D eigenvalue weighted by Crippen LogP contribution is 2.24. The van der Waals surface area contributed by atoms with Crippen LogP contribution in [0.3, 0.4) is 0 Å². The number of hydrogen-bond donors (Lipinski definition) is 2. The van der Waals surface area contributed by atoms with Crippen LogP contribution >= 0.6 is 0 Å². The lowest BCUT2D eigenvalue weighted by atomic mass is 9.96. The van der Waals surface area contributed by atoms with Gasteiger partial charge in [0.2, 0.25) is 5.91 Å². The second-order valence-corrected chi connectivity index (χ2v) is 6.91. The average Bonchev–Trinajstić information content (AvgIpc) is 3.13. The van der Waals surface area contributed by atoms with Gasteiger partial charge in [0.1, 0.15) is 5.76 Å². The summed E-state index contributed by atoms with van der Waals surface area (Å²) in [5, 5.41) is 11.4. The fourth-order valence-electron chi connectivity index (χ4n) is 3.42. The smallest absolute Gasteiger partial charge is 0.321 e. The SMILES string of the molecule is Cc1cc(NC(=O)C2CCN(C(=O)Nc3cccc4cnccc34)CC2)no1. The number of pyridine rings is 1. The van der Waals surface area contributed by atoms with Crippen molar-refractivity contribution in [1.29, 1.82) is 0 Å². The van der Waals surface area contributed by atoms with Gasteiger partial charge in [-0.3, -0.25) is 9.78 Å². The number of likely N-dealkylation sites (tertiary alicyclic amines) is 1. The Morgan fingerprint density at radius 3 is 2.75 bits per heavy atom. The minimum Gasteiger partial charge on any atom is -0.360 e. The van der Waals surface area contributed by atoms with Crippen molar-refractivity contribution in [2.24, 2.45) is 5.92 Å². The van der Waals surface area contributed by atoms with Crippen LogP contribution in [0.4, 0.5) is 16.3 Å². The van der Waals surface area contributed by atoms with Gasteiger partial charge in [0.25, 0.3) is 0 Å². The van der Waals surface area contributed by atoms with Gasteiger partial charge < -0.3 is 20.1 Å². The third-order valence-corrected chi connectivity index (χ3v) is 4.95. The van der Waals surface area contributed by atoms with E-state index in [0.717, 1.165) is 16.5 Å². The molecule has 144 valence electrons. The molecule has 3 heterocycles. The first kappa shape index (κ1) is 18.0. The van der Waals surface area contributed by atoms with Gasteiger partial charge in [0.05, 0.1) is 5.69 Å². The quantitative estimate of drug-likeness (QED) is 0.726. The first-order valence-corrected chi connectivity index (χ1v) is 9.23. The van der Waals surface area contributed by atoms with E-state index >= 15 is 0 Å². The largest absolute Gasteiger partial charge is 0.360 e. The van der Waals surface area contributed by atoms with Crippen molar-refractivity contribution in [2.75, 3.05) is 23.7 Å². The van der Waals surface area contributed by atoms with Crippen molar-refractivity contribution in [3.63, 3.8) is 0 Å². The number of urea groups is 1. The Labute approximate surface area is 161 Å². The number of nitrogens with zero attached hydrogens (tertiary/aromatic N) is 3. The summed E-state index contributed by atoms with van der Waals surface area (Å²) in [6.45, 7) is 2.81. The zero-order valence-electron chi connectivity index (χ0n) is 15.5. The number of carbonyl (C=O) groups is 2. The molecule has 2 aromatic heterocycles. The Balaban J connectivity index is 1.34. The lowest BCUT2D eigenvalue weighted by Gasteiger charge is -2.31. The third-order valence-electron chi connectivity index (χ3n) is 4.95. The van der Waals surface area contributed by atoms with E-state index in [1.165, 1.54) is 0 Å². The van der Waals surface area contributed by atoms with Crippen molar-refractivity contribution in [3.8, 4) is 0 Å². The Kier molecular flexibility index (Phi) is 4.92. The van der Waals surface area contributed by atoms with Crippen LogP contribution in [0.25, 0.3) is 10.8 Å². The van der Waals surface area contributed by atoms with E-state index in [0.29, 0.717) is 37.5 Å². The van der Waals surface area contributed by atoms with E-state index in [4.69, 9.17) is 4.52 Å². The molecular weight excluding hydrogens is 358 g/mol. The normalized spacial score (nSPS) is 14.8. The van der Waals surface area contributed by atoms with Crippen molar-refractivity contribution < 1.29 is 14.1 Å². The number of nitrogens with one attached hydrogen (secondary N) is 2. The fraction of sp³-hybridized carbons (Fsp3) is 0.300. The topological polar surface area (TPSA) is 100 Å². The van der Waals surface area contributed by atoms with E-state index in [1.807, 2.05) is 24.3 Å². The number of piperidine rings is 1. The summed E-state index contributed by atoms with van der Waals surface area (Å²) in [6.07, 6.45) is 4.69. The highest BCUT2D eigenvalue weighted by atomic mass is 16.5. The van der Waals surface area contributed by atoms with Gasteiger partial charge in [-0.25, -0.2) is 4.79 Å². The minimum absolute atomic E-state index is 0.0880. The molecule has 0 radical (unpaired) electrons. The lowest BCUT2D eigenvalue weighted by Crippen LogP contribution is -2.43. The maximum absolute atomic E-state index is 12.7. The molecule has 28 heavy (non-hydrogen) atoms. The molecule has 3 aromatic rings. The second-order valence-electron chi connectivity index (χ2n) is 6.91. The summed E-state index contributed by atoms with van der Waals surface area (Å²) >= 11 is 0. The molecular formula is C20H21N5O3. The predicted octanol–water partition coefficient (Wildman–Crippen LogP) is 3.41. The van der Waals surface area contributed by atoms with Gasteiger partial charge in [-0.2, -0.15) is 0 Å². The van der Waals surface area contributed by atoms with E-state index in [-0.39, 0.29) is 17.9 Å². The summed E-state index contributed by atoms with van der Waals surface area (Å²) in [4.78, 5) is 30.9. The molecule has 0 bridgehead atoms. The third kappa shape index (κ3) is 3.80. The summed E-state index contributed by atoms with van der Waals surface area (Å²) in [6, 6.07) is 9.13. The Morgan fingerprint density at radius 1 is 1.18 bits per heavy atom. The van der Waals surface area contributed by atoms with Crippen molar-refractivity contribution >= 4 is 34.2 Å². The van der Waals surface area contributed by atoms with Crippen molar-refractivity contribution in [1.82, 2.24) is 15.0 Å². The Bertz CT molecular complexity index is 1000. The highest BCUT2D eigenvalue weighted by molar-refractivity contribution is 6.01. The van der Waals surface area contributed by atoms with Gasteiger partial charge in [0, 0.05) is 48.2 Å². The van der Waals surface area contributed by atoms with Crippen molar-refractivity contribution in [3.05, 3.63) is 48.5 Å². The molecule has 3 amide bonds. The van der Waals surface area contributed by atoms with Gasteiger partial charge in [-0.1, -0.05) is 17.3 Å². The van der Waals surface area contributed by atoms with E-state index in [2.05, 4.69) is 20.8 Å². The zero-order valence-corrected chi connectivity index (χ0v) is 15.5. The Morgan fingerprint density at radius 2 is 2.00 bits per heavy atom. The molecule has 1 fully saturated rings. The number of aromatic nitrogens is 2. The summed E-state index contributed by atoms with van der Waals surface area (Å²) < 4.78 is 4.96. The standard InChI is InChI=1S/C20H21N5O3/c1-13-11-18(24-28-13)23-19(26)14-6-9-25(10-7-14)20(27)22-17-4-2-3-15-12-21-8-5-16(15)17/h2-5,8,11-12,14H,6-7,9-10H2,1H3,(H,22,27)(H,23,24,26). The van der Waals surface area contributed by atoms with Crippen LogP contribution in [0.2, 0.25) is 0 Å². The van der Waals surface area contributed by atoms with Gasteiger partial charge in [0.15, 0.2) is 5.82 Å². The number of rotatable bonds is 3. The number of benzene rings is 1. The Hall–Kier alpha value is -3.42. The van der Waals surface area contributed by atoms with E-state index in [9.17, 15) is 9.59 Å². The minimum atomic E-state index is -0.157. The summed E-state index contributed by atoms with van der Waals surface area (Å²) in [7, 11) is 0.